The van der Waals surface area contributed by atoms with Gasteiger partial charge in [0.15, 0.2) is 0 Å². The van der Waals surface area contributed by atoms with Crippen LogP contribution in [0.4, 0.5) is 0 Å². The number of carbonyl (C=O) groups is 1. The molecule has 1 amide bonds. The SMILES string of the molecule is CNC(=O)CCNC(C)c1ncc(C)o1. The first-order valence-electron chi connectivity index (χ1n) is 4.99. The van der Waals surface area contributed by atoms with Gasteiger partial charge in [0.05, 0.1) is 12.2 Å². The van der Waals surface area contributed by atoms with Crippen molar-refractivity contribution in [1.29, 1.82) is 0 Å². The Hall–Kier alpha value is -1.36. The van der Waals surface area contributed by atoms with Gasteiger partial charge in [-0.15, -0.1) is 0 Å². The standard InChI is InChI=1S/C10H17N3O2/c1-7-6-13-10(15-7)8(2)12-5-4-9(14)11-3/h6,8,12H,4-5H2,1-3H3,(H,11,14). The smallest absolute Gasteiger partial charge is 0.221 e. The molecule has 1 rings (SSSR count). The summed E-state index contributed by atoms with van der Waals surface area (Å²) < 4.78 is 5.35. The van der Waals surface area contributed by atoms with Crippen molar-refractivity contribution in [3.05, 3.63) is 17.8 Å². The van der Waals surface area contributed by atoms with Gasteiger partial charge in [0.1, 0.15) is 5.76 Å². The van der Waals surface area contributed by atoms with Gasteiger partial charge in [0.25, 0.3) is 0 Å². The number of hydrogen-bond donors (Lipinski definition) is 2. The van der Waals surface area contributed by atoms with Crippen LogP contribution >= 0.6 is 0 Å². The van der Waals surface area contributed by atoms with E-state index in [1.165, 1.54) is 0 Å². The largest absolute Gasteiger partial charge is 0.444 e. The van der Waals surface area contributed by atoms with E-state index in [0.29, 0.717) is 18.9 Å². The van der Waals surface area contributed by atoms with Gasteiger partial charge in [0.2, 0.25) is 11.8 Å². The van der Waals surface area contributed by atoms with Crippen molar-refractivity contribution < 1.29 is 9.21 Å². The first-order chi connectivity index (χ1) is 7.13. The Balaban J connectivity index is 2.30. The van der Waals surface area contributed by atoms with E-state index in [1.807, 2.05) is 13.8 Å². The van der Waals surface area contributed by atoms with E-state index < -0.39 is 0 Å². The molecule has 0 aliphatic heterocycles. The molecular weight excluding hydrogens is 194 g/mol. The molecule has 0 saturated carbocycles. The summed E-state index contributed by atoms with van der Waals surface area (Å²) in [6.45, 7) is 4.42. The number of aromatic nitrogens is 1. The minimum atomic E-state index is 0.0262. The lowest BCUT2D eigenvalue weighted by molar-refractivity contribution is -0.120. The van der Waals surface area contributed by atoms with Gasteiger partial charge in [-0.1, -0.05) is 0 Å². The second kappa shape index (κ2) is 5.50. The molecule has 0 spiro atoms. The highest BCUT2D eigenvalue weighted by molar-refractivity contribution is 5.75. The Bertz CT molecular complexity index is 322. The minimum absolute atomic E-state index is 0.0262. The predicted octanol–water partition coefficient (Wildman–Crippen LogP) is 0.770. The van der Waals surface area contributed by atoms with Gasteiger partial charge >= 0.3 is 0 Å². The molecule has 5 heteroatoms. The van der Waals surface area contributed by atoms with E-state index in [-0.39, 0.29) is 11.9 Å². The second-order valence-electron chi connectivity index (χ2n) is 3.41. The number of amides is 1. The van der Waals surface area contributed by atoms with Crippen molar-refractivity contribution in [2.75, 3.05) is 13.6 Å². The molecule has 0 saturated heterocycles. The van der Waals surface area contributed by atoms with E-state index >= 15 is 0 Å². The summed E-state index contributed by atoms with van der Waals surface area (Å²) in [5.41, 5.74) is 0. The van der Waals surface area contributed by atoms with E-state index in [0.717, 1.165) is 5.76 Å². The number of nitrogens with zero attached hydrogens (tertiary/aromatic N) is 1. The normalized spacial score (nSPS) is 12.5. The molecule has 1 unspecified atom stereocenters. The molecule has 0 aliphatic carbocycles. The van der Waals surface area contributed by atoms with E-state index in [2.05, 4.69) is 15.6 Å². The Morgan fingerprint density at radius 2 is 2.40 bits per heavy atom. The van der Waals surface area contributed by atoms with Crippen molar-refractivity contribution in [3.63, 3.8) is 0 Å². The molecule has 1 aromatic heterocycles. The quantitative estimate of drug-likeness (QED) is 0.755. The molecule has 1 atom stereocenters. The molecule has 0 aliphatic rings. The van der Waals surface area contributed by atoms with Crippen LogP contribution in [0.25, 0.3) is 0 Å². The zero-order chi connectivity index (χ0) is 11.3. The lowest BCUT2D eigenvalue weighted by atomic mass is 10.3. The Kier molecular flexibility index (Phi) is 4.30. The molecule has 15 heavy (non-hydrogen) atoms. The first-order valence-corrected chi connectivity index (χ1v) is 4.99. The number of nitrogens with one attached hydrogen (secondary N) is 2. The summed E-state index contributed by atoms with van der Waals surface area (Å²) in [6.07, 6.45) is 2.15. The van der Waals surface area contributed by atoms with Crippen LogP contribution in [-0.4, -0.2) is 24.5 Å². The molecule has 2 N–H and O–H groups in total. The third kappa shape index (κ3) is 3.71. The molecule has 84 valence electrons. The van der Waals surface area contributed by atoms with E-state index in [9.17, 15) is 4.79 Å². The van der Waals surface area contributed by atoms with Crippen LogP contribution in [0.3, 0.4) is 0 Å². The van der Waals surface area contributed by atoms with Crippen molar-refractivity contribution in [2.24, 2.45) is 0 Å². The van der Waals surface area contributed by atoms with Gasteiger partial charge in [-0.2, -0.15) is 0 Å². The maximum atomic E-state index is 10.9. The molecule has 5 nitrogen and oxygen atoms in total. The first kappa shape index (κ1) is 11.7. The number of aryl methyl sites for hydroxylation is 1. The zero-order valence-electron chi connectivity index (χ0n) is 9.33. The van der Waals surface area contributed by atoms with Gasteiger partial charge in [-0.05, 0) is 13.8 Å². The van der Waals surface area contributed by atoms with Gasteiger partial charge in [0, 0.05) is 20.0 Å². The number of rotatable bonds is 5. The van der Waals surface area contributed by atoms with Crippen LogP contribution in [0.1, 0.15) is 31.0 Å². The van der Waals surface area contributed by atoms with Crippen molar-refractivity contribution >= 4 is 5.91 Å². The lowest BCUT2D eigenvalue weighted by Crippen LogP contribution is -2.26. The molecule has 0 bridgehead atoms. The van der Waals surface area contributed by atoms with Crippen molar-refractivity contribution in [1.82, 2.24) is 15.6 Å². The molecule has 1 aromatic rings. The summed E-state index contributed by atoms with van der Waals surface area (Å²) in [4.78, 5) is 15.0. The third-order valence-electron chi connectivity index (χ3n) is 2.09. The molecular formula is C10H17N3O2. The lowest BCUT2D eigenvalue weighted by Gasteiger charge is -2.09. The third-order valence-corrected chi connectivity index (χ3v) is 2.09. The van der Waals surface area contributed by atoms with Crippen LogP contribution in [0.5, 0.6) is 0 Å². The highest BCUT2D eigenvalue weighted by Gasteiger charge is 2.10. The monoisotopic (exact) mass is 211 g/mol. The number of hydrogen-bond acceptors (Lipinski definition) is 4. The highest BCUT2D eigenvalue weighted by Crippen LogP contribution is 2.11. The summed E-state index contributed by atoms with van der Waals surface area (Å²) in [5.74, 6) is 1.48. The highest BCUT2D eigenvalue weighted by atomic mass is 16.4. The van der Waals surface area contributed by atoms with Gasteiger partial charge in [-0.25, -0.2) is 4.98 Å². The van der Waals surface area contributed by atoms with Crippen LogP contribution in [0.15, 0.2) is 10.6 Å². The fraction of sp³-hybridized carbons (Fsp3) is 0.600. The average molecular weight is 211 g/mol. The zero-order valence-corrected chi connectivity index (χ0v) is 9.33. The van der Waals surface area contributed by atoms with E-state index in [1.54, 1.807) is 13.2 Å². The predicted molar refractivity (Wildman–Crippen MR) is 56.3 cm³/mol. The average Bonchev–Trinajstić information content (AvgIpc) is 2.64. The van der Waals surface area contributed by atoms with Crippen molar-refractivity contribution in [3.8, 4) is 0 Å². The van der Waals surface area contributed by atoms with Crippen LogP contribution in [-0.2, 0) is 4.79 Å². The Morgan fingerprint density at radius 3 is 2.93 bits per heavy atom. The number of carbonyl (C=O) groups excluding carboxylic acids is 1. The van der Waals surface area contributed by atoms with E-state index in [4.69, 9.17) is 4.42 Å². The maximum Gasteiger partial charge on any atom is 0.221 e. The molecule has 1 heterocycles. The molecule has 0 radical (unpaired) electrons. The fourth-order valence-corrected chi connectivity index (χ4v) is 1.19. The Morgan fingerprint density at radius 1 is 1.67 bits per heavy atom. The van der Waals surface area contributed by atoms with Crippen LogP contribution < -0.4 is 10.6 Å². The molecule has 0 fully saturated rings. The summed E-state index contributed by atoms with van der Waals surface area (Å²) in [6, 6.07) is 0.0309. The second-order valence-corrected chi connectivity index (χ2v) is 3.41. The van der Waals surface area contributed by atoms with Gasteiger partial charge < -0.3 is 15.1 Å². The van der Waals surface area contributed by atoms with Crippen LogP contribution in [0.2, 0.25) is 0 Å². The fourth-order valence-electron chi connectivity index (χ4n) is 1.19. The van der Waals surface area contributed by atoms with Crippen LogP contribution in [0, 0.1) is 6.92 Å². The minimum Gasteiger partial charge on any atom is -0.444 e. The number of oxazole rings is 1. The topological polar surface area (TPSA) is 67.2 Å². The summed E-state index contributed by atoms with van der Waals surface area (Å²) in [7, 11) is 1.63. The maximum absolute atomic E-state index is 10.9. The van der Waals surface area contributed by atoms with Crippen molar-refractivity contribution in [2.45, 2.75) is 26.3 Å². The summed E-state index contributed by atoms with van der Waals surface area (Å²) in [5, 5.41) is 5.72. The Labute approximate surface area is 89.3 Å². The summed E-state index contributed by atoms with van der Waals surface area (Å²) >= 11 is 0. The van der Waals surface area contributed by atoms with Gasteiger partial charge in [-0.3, -0.25) is 4.79 Å². The molecule has 0 aromatic carbocycles.